The van der Waals surface area contributed by atoms with E-state index in [4.69, 9.17) is 10.5 Å². The molecule has 5 nitrogen and oxygen atoms in total. The lowest BCUT2D eigenvalue weighted by Crippen LogP contribution is -2.49. The molecular weight excluding hydrogens is 323 g/mol. The Morgan fingerprint density at radius 2 is 2.04 bits per heavy atom. The fraction of sp³-hybridized carbons (Fsp3) is 0.438. The van der Waals surface area contributed by atoms with E-state index in [9.17, 15) is 13.2 Å². The number of aromatic nitrogens is 2. The zero-order chi connectivity index (χ0) is 17.2. The average molecular weight is 341 g/mol. The van der Waals surface area contributed by atoms with Gasteiger partial charge in [-0.1, -0.05) is 0 Å². The van der Waals surface area contributed by atoms with Crippen molar-refractivity contribution in [3.05, 3.63) is 36.3 Å². The van der Waals surface area contributed by atoms with Gasteiger partial charge in [-0.3, -0.25) is 0 Å². The highest BCUT2D eigenvalue weighted by atomic mass is 19.4. The zero-order valence-electron chi connectivity index (χ0n) is 12.9. The van der Waals surface area contributed by atoms with Gasteiger partial charge in [0.1, 0.15) is 11.6 Å². The van der Waals surface area contributed by atoms with E-state index in [1.807, 2.05) is 0 Å². The van der Waals surface area contributed by atoms with E-state index in [-0.39, 0.29) is 5.75 Å². The van der Waals surface area contributed by atoms with Gasteiger partial charge in [0.15, 0.2) is 0 Å². The first-order valence-corrected chi connectivity index (χ1v) is 7.60. The van der Waals surface area contributed by atoms with Crippen molar-refractivity contribution in [2.45, 2.75) is 31.2 Å². The van der Waals surface area contributed by atoms with Crippen LogP contribution in [0.4, 0.5) is 13.2 Å². The number of benzene rings is 1. The van der Waals surface area contributed by atoms with Gasteiger partial charge in [0.05, 0.1) is 18.5 Å². The maximum Gasteiger partial charge on any atom is 0.573 e. The molecule has 1 fully saturated rings. The molecule has 0 saturated carbocycles. The molecule has 0 aliphatic carbocycles. The molecule has 1 aromatic heterocycles. The Morgan fingerprint density at radius 3 is 2.67 bits per heavy atom. The molecule has 0 bridgehead atoms. The van der Waals surface area contributed by atoms with Gasteiger partial charge in [0.2, 0.25) is 0 Å². The Kier molecular flexibility index (Phi) is 4.51. The number of nitrogens with one attached hydrogen (secondary N) is 1. The van der Waals surface area contributed by atoms with E-state index in [1.165, 1.54) is 12.1 Å². The van der Waals surface area contributed by atoms with Crippen LogP contribution in [0.2, 0.25) is 0 Å². The van der Waals surface area contributed by atoms with Crippen LogP contribution in [0.5, 0.6) is 5.75 Å². The second-order valence-corrected chi connectivity index (χ2v) is 6.01. The fourth-order valence-electron chi connectivity index (χ4n) is 2.78. The van der Waals surface area contributed by atoms with E-state index in [0.717, 1.165) is 25.3 Å². The number of imidazole rings is 1. The summed E-state index contributed by atoms with van der Waals surface area (Å²) in [5, 5.41) is 0. The number of nitrogens with zero attached hydrogens (tertiary/aromatic N) is 1. The molecule has 1 aliphatic heterocycles. The topological polar surface area (TPSA) is 73.2 Å². The van der Waals surface area contributed by atoms with E-state index in [1.54, 1.807) is 18.3 Å². The van der Waals surface area contributed by atoms with Crippen molar-refractivity contribution >= 4 is 0 Å². The normalized spacial score (nSPS) is 21.7. The van der Waals surface area contributed by atoms with Crippen LogP contribution in [-0.2, 0) is 11.2 Å². The van der Waals surface area contributed by atoms with Crippen molar-refractivity contribution in [1.82, 2.24) is 9.97 Å². The minimum Gasteiger partial charge on any atom is -0.406 e. The monoisotopic (exact) mass is 341 g/mol. The summed E-state index contributed by atoms with van der Waals surface area (Å²) in [7, 11) is 0. The first kappa shape index (κ1) is 16.8. The number of alkyl halides is 3. The van der Waals surface area contributed by atoms with Crippen LogP contribution in [-0.4, -0.2) is 35.1 Å². The summed E-state index contributed by atoms with van der Waals surface area (Å²) < 4.78 is 45.8. The van der Waals surface area contributed by atoms with Crippen LogP contribution in [0.15, 0.2) is 30.5 Å². The number of nitrogens with two attached hydrogens (primary N) is 1. The molecule has 1 atom stereocenters. The summed E-state index contributed by atoms with van der Waals surface area (Å²) in [4.78, 5) is 7.47. The second kappa shape index (κ2) is 6.45. The van der Waals surface area contributed by atoms with E-state index in [0.29, 0.717) is 24.3 Å². The van der Waals surface area contributed by atoms with Gasteiger partial charge >= 0.3 is 6.36 Å². The van der Waals surface area contributed by atoms with Crippen LogP contribution in [0.25, 0.3) is 11.3 Å². The van der Waals surface area contributed by atoms with Crippen molar-refractivity contribution in [1.29, 1.82) is 0 Å². The van der Waals surface area contributed by atoms with Gasteiger partial charge < -0.3 is 20.2 Å². The average Bonchev–Trinajstić information content (AvgIpc) is 2.95. The molecule has 0 amide bonds. The lowest BCUT2D eigenvalue weighted by Gasteiger charge is -2.32. The molecule has 3 rings (SSSR count). The largest absolute Gasteiger partial charge is 0.573 e. The number of hydrogen-bond acceptors (Lipinski definition) is 4. The summed E-state index contributed by atoms with van der Waals surface area (Å²) in [5.74, 6) is 0.472. The van der Waals surface area contributed by atoms with E-state index in [2.05, 4.69) is 14.7 Å². The summed E-state index contributed by atoms with van der Waals surface area (Å²) in [6.07, 6.45) is -0.707. The van der Waals surface area contributed by atoms with Gasteiger partial charge in [0.25, 0.3) is 0 Å². The SMILES string of the molecule is NC1(Cc2ncc(-c3ccc(OC(F)(F)F)cc3)[nH]2)CCCOC1. The summed E-state index contributed by atoms with van der Waals surface area (Å²) in [6.45, 7) is 1.22. The number of H-pyrrole nitrogens is 1. The first-order valence-electron chi connectivity index (χ1n) is 7.60. The third kappa shape index (κ3) is 4.27. The van der Waals surface area contributed by atoms with Gasteiger partial charge in [0, 0.05) is 18.6 Å². The van der Waals surface area contributed by atoms with Gasteiger partial charge in [-0.2, -0.15) is 0 Å². The number of rotatable bonds is 4. The standard InChI is InChI=1S/C16H18F3N3O2/c17-16(18,19)24-12-4-2-11(3-5-12)13-9-21-14(22-13)8-15(20)6-1-7-23-10-15/h2-5,9H,1,6-8,10,20H2,(H,21,22). The third-order valence-electron chi connectivity index (χ3n) is 3.90. The lowest BCUT2D eigenvalue weighted by molar-refractivity contribution is -0.274. The van der Waals surface area contributed by atoms with Crippen molar-refractivity contribution < 1.29 is 22.6 Å². The van der Waals surface area contributed by atoms with Crippen LogP contribution >= 0.6 is 0 Å². The van der Waals surface area contributed by atoms with Crippen LogP contribution in [0, 0.1) is 0 Å². The summed E-state index contributed by atoms with van der Waals surface area (Å²) in [5.41, 5.74) is 7.31. The molecule has 1 unspecified atom stereocenters. The Bertz CT molecular complexity index is 677. The Balaban J connectivity index is 1.69. The number of aromatic amines is 1. The second-order valence-electron chi connectivity index (χ2n) is 6.01. The summed E-state index contributed by atoms with van der Waals surface area (Å²) >= 11 is 0. The highest BCUT2D eigenvalue weighted by molar-refractivity contribution is 5.59. The molecule has 0 spiro atoms. The number of halogens is 3. The van der Waals surface area contributed by atoms with Crippen molar-refractivity contribution in [2.24, 2.45) is 5.73 Å². The minimum absolute atomic E-state index is 0.258. The van der Waals surface area contributed by atoms with Crippen LogP contribution in [0.1, 0.15) is 18.7 Å². The third-order valence-corrected chi connectivity index (χ3v) is 3.90. The van der Waals surface area contributed by atoms with Crippen molar-refractivity contribution in [3.63, 3.8) is 0 Å². The van der Waals surface area contributed by atoms with Crippen LogP contribution < -0.4 is 10.5 Å². The molecule has 3 N–H and O–H groups in total. The number of hydrogen-bond donors (Lipinski definition) is 2. The lowest BCUT2D eigenvalue weighted by atomic mass is 9.90. The Morgan fingerprint density at radius 1 is 1.29 bits per heavy atom. The van der Waals surface area contributed by atoms with Crippen molar-refractivity contribution in [2.75, 3.05) is 13.2 Å². The fourth-order valence-corrected chi connectivity index (χ4v) is 2.78. The molecule has 130 valence electrons. The van der Waals surface area contributed by atoms with Gasteiger partial charge in [-0.05, 0) is 42.7 Å². The van der Waals surface area contributed by atoms with E-state index < -0.39 is 11.9 Å². The molecule has 8 heteroatoms. The zero-order valence-corrected chi connectivity index (χ0v) is 12.9. The highest BCUT2D eigenvalue weighted by Crippen LogP contribution is 2.26. The van der Waals surface area contributed by atoms with Gasteiger partial charge in [-0.25, -0.2) is 4.98 Å². The predicted molar refractivity (Wildman–Crippen MR) is 81.4 cm³/mol. The molecule has 24 heavy (non-hydrogen) atoms. The molecule has 1 aliphatic rings. The number of ether oxygens (including phenoxy) is 2. The van der Waals surface area contributed by atoms with Crippen molar-refractivity contribution in [3.8, 4) is 17.0 Å². The highest BCUT2D eigenvalue weighted by Gasteiger charge is 2.31. The van der Waals surface area contributed by atoms with Gasteiger partial charge in [-0.15, -0.1) is 13.2 Å². The first-order chi connectivity index (χ1) is 11.3. The Hall–Kier alpha value is -2.06. The molecule has 0 radical (unpaired) electrons. The van der Waals surface area contributed by atoms with E-state index >= 15 is 0 Å². The predicted octanol–water partition coefficient (Wildman–Crippen LogP) is 3.03. The Labute approximate surface area is 137 Å². The minimum atomic E-state index is -4.69. The van der Waals surface area contributed by atoms with Crippen LogP contribution in [0.3, 0.4) is 0 Å². The smallest absolute Gasteiger partial charge is 0.406 e. The summed E-state index contributed by atoms with van der Waals surface area (Å²) in [6, 6.07) is 5.62. The molecule has 2 heterocycles. The maximum atomic E-state index is 12.2. The quantitative estimate of drug-likeness (QED) is 0.897. The molecule has 1 saturated heterocycles. The maximum absolute atomic E-state index is 12.2. The molecular formula is C16H18F3N3O2. The molecule has 1 aromatic carbocycles. The molecule has 2 aromatic rings.